The summed E-state index contributed by atoms with van der Waals surface area (Å²) in [7, 11) is 0. The quantitative estimate of drug-likeness (QED) is 0.605. The molecule has 0 saturated heterocycles. The summed E-state index contributed by atoms with van der Waals surface area (Å²) in [6, 6.07) is 12.9. The number of rotatable bonds is 8. The van der Waals surface area contributed by atoms with E-state index in [-0.39, 0.29) is 11.9 Å². The van der Waals surface area contributed by atoms with E-state index < -0.39 is 0 Å². The molecular weight excluding hydrogens is 368 g/mol. The summed E-state index contributed by atoms with van der Waals surface area (Å²) in [6.07, 6.45) is 3.73. The highest BCUT2D eigenvalue weighted by molar-refractivity contribution is 7.13. The van der Waals surface area contributed by atoms with Crippen LogP contribution in [0, 0.1) is 0 Å². The second kappa shape index (κ2) is 8.27. The van der Waals surface area contributed by atoms with E-state index >= 15 is 0 Å². The van der Waals surface area contributed by atoms with Gasteiger partial charge in [-0.15, -0.1) is 11.3 Å². The third-order valence-corrected chi connectivity index (χ3v) is 6.05. The monoisotopic (exact) mass is 394 g/mol. The minimum Gasteiger partial charge on any atom is -0.354 e. The van der Waals surface area contributed by atoms with Crippen LogP contribution in [0.2, 0.25) is 0 Å². The van der Waals surface area contributed by atoms with Gasteiger partial charge in [0, 0.05) is 30.4 Å². The lowest BCUT2D eigenvalue weighted by molar-refractivity contribution is -0.121. The summed E-state index contributed by atoms with van der Waals surface area (Å²) in [6.45, 7) is 4.81. The van der Waals surface area contributed by atoms with Gasteiger partial charge in [-0.1, -0.05) is 25.1 Å². The molecule has 0 aliphatic heterocycles. The number of nitrogens with one attached hydrogen (secondary N) is 1. The molecule has 0 spiro atoms. The van der Waals surface area contributed by atoms with Gasteiger partial charge in [0.1, 0.15) is 5.82 Å². The zero-order chi connectivity index (χ0) is 19.5. The summed E-state index contributed by atoms with van der Waals surface area (Å²) in [5, 5.41) is 6.17. The lowest BCUT2D eigenvalue weighted by Gasteiger charge is -2.25. The van der Waals surface area contributed by atoms with Crippen LogP contribution in [-0.4, -0.2) is 34.5 Å². The number of benzene rings is 1. The second-order valence-corrected chi connectivity index (χ2v) is 8.36. The van der Waals surface area contributed by atoms with Gasteiger partial charge in [-0.3, -0.25) is 4.79 Å². The number of carbonyl (C=O) groups excluding carboxylic acids is 1. The third kappa shape index (κ3) is 4.17. The van der Waals surface area contributed by atoms with Crippen LogP contribution in [0.15, 0.2) is 41.8 Å². The summed E-state index contributed by atoms with van der Waals surface area (Å²) in [5.41, 5.74) is 0.950. The Hall–Kier alpha value is -2.47. The summed E-state index contributed by atoms with van der Waals surface area (Å²) in [5.74, 6) is 1.82. The van der Waals surface area contributed by atoms with Crippen molar-refractivity contribution in [3.05, 3.63) is 41.8 Å². The highest BCUT2D eigenvalue weighted by Crippen LogP contribution is 2.36. The van der Waals surface area contributed by atoms with E-state index in [2.05, 4.69) is 29.3 Å². The predicted molar refractivity (Wildman–Crippen MR) is 116 cm³/mol. The zero-order valence-electron chi connectivity index (χ0n) is 16.4. The maximum Gasteiger partial charge on any atom is 0.221 e. The Balaban J connectivity index is 1.65. The topological polar surface area (TPSA) is 58.1 Å². The molecule has 0 radical (unpaired) electrons. The van der Waals surface area contributed by atoms with Gasteiger partial charge in [-0.05, 0) is 49.8 Å². The molecule has 1 aliphatic carbocycles. The molecular formula is C22H26N4OS. The van der Waals surface area contributed by atoms with Gasteiger partial charge >= 0.3 is 0 Å². The minimum absolute atomic E-state index is 0.108. The van der Waals surface area contributed by atoms with Gasteiger partial charge in [-0.2, -0.15) is 0 Å². The van der Waals surface area contributed by atoms with Gasteiger partial charge < -0.3 is 10.2 Å². The molecule has 1 fully saturated rings. The number of fused-ring (bicyclic) bond motifs is 1. The Morgan fingerprint density at radius 2 is 2.07 bits per heavy atom. The third-order valence-electron chi connectivity index (χ3n) is 5.18. The molecule has 1 atom stereocenters. The normalized spacial score (nSPS) is 14.8. The zero-order valence-corrected chi connectivity index (χ0v) is 17.2. The van der Waals surface area contributed by atoms with Crippen molar-refractivity contribution in [3.8, 4) is 10.7 Å². The molecule has 1 amide bonds. The molecule has 0 bridgehead atoms. The van der Waals surface area contributed by atoms with E-state index in [1.54, 1.807) is 11.3 Å². The molecule has 1 N–H and O–H groups in total. The first kappa shape index (κ1) is 18.9. The Morgan fingerprint density at radius 3 is 2.79 bits per heavy atom. The fourth-order valence-corrected chi connectivity index (χ4v) is 3.97. The van der Waals surface area contributed by atoms with Crippen molar-refractivity contribution in [1.82, 2.24) is 15.3 Å². The lowest BCUT2D eigenvalue weighted by Crippen LogP contribution is -2.36. The molecule has 1 saturated carbocycles. The number of hydrogen-bond acceptors (Lipinski definition) is 5. The molecule has 1 aliphatic rings. The molecule has 2 heterocycles. The molecule has 4 rings (SSSR count). The molecule has 28 heavy (non-hydrogen) atoms. The average Bonchev–Trinajstić information content (AvgIpc) is 3.39. The standard InChI is InChI=1S/C22H26N4OS/c1-3-15(2)23-20(27)12-13-26(16-10-11-16)22-17-7-4-5-8-18(17)24-21(25-22)19-9-6-14-28-19/h4-9,14-16H,3,10-13H2,1-2H3,(H,23,27)/t15-/m1/s1. The number of amides is 1. The number of hydrogen-bond donors (Lipinski definition) is 1. The van der Waals surface area contributed by atoms with Gasteiger partial charge in [-0.25, -0.2) is 9.97 Å². The van der Waals surface area contributed by atoms with Crippen molar-refractivity contribution < 1.29 is 4.79 Å². The number of thiophene rings is 1. The van der Waals surface area contributed by atoms with Gasteiger partial charge in [0.05, 0.1) is 10.4 Å². The lowest BCUT2D eigenvalue weighted by atomic mass is 10.2. The Bertz CT molecular complexity index is 952. The molecule has 2 aromatic heterocycles. The Labute approximate surface area is 169 Å². The number of anilines is 1. The number of nitrogens with zero attached hydrogens (tertiary/aromatic N) is 3. The van der Waals surface area contributed by atoms with Crippen molar-refractivity contribution in [3.63, 3.8) is 0 Å². The van der Waals surface area contributed by atoms with Crippen molar-refractivity contribution in [2.45, 2.75) is 51.6 Å². The van der Waals surface area contributed by atoms with Crippen molar-refractivity contribution in [2.24, 2.45) is 0 Å². The van der Waals surface area contributed by atoms with Gasteiger partial charge in [0.15, 0.2) is 5.82 Å². The molecule has 6 heteroatoms. The molecule has 1 aromatic carbocycles. The van der Waals surface area contributed by atoms with Crippen LogP contribution in [0.1, 0.15) is 39.5 Å². The van der Waals surface area contributed by atoms with Crippen molar-refractivity contribution in [1.29, 1.82) is 0 Å². The van der Waals surface area contributed by atoms with Gasteiger partial charge in [0.25, 0.3) is 0 Å². The largest absolute Gasteiger partial charge is 0.354 e. The van der Waals surface area contributed by atoms with Gasteiger partial charge in [0.2, 0.25) is 5.91 Å². The molecule has 3 aromatic rings. The Kier molecular flexibility index (Phi) is 5.57. The first-order chi connectivity index (χ1) is 13.7. The maximum absolute atomic E-state index is 12.3. The van der Waals surface area contributed by atoms with Crippen molar-refractivity contribution in [2.75, 3.05) is 11.4 Å². The summed E-state index contributed by atoms with van der Waals surface area (Å²) >= 11 is 1.65. The van der Waals surface area contributed by atoms with Crippen LogP contribution in [0.4, 0.5) is 5.82 Å². The van der Waals surface area contributed by atoms with Crippen molar-refractivity contribution >= 4 is 34.0 Å². The number of carbonyl (C=O) groups is 1. The molecule has 5 nitrogen and oxygen atoms in total. The molecule has 146 valence electrons. The predicted octanol–water partition coefficient (Wildman–Crippen LogP) is 4.63. The van der Waals surface area contributed by atoms with Crippen LogP contribution in [0.25, 0.3) is 21.6 Å². The van der Waals surface area contributed by atoms with E-state index in [4.69, 9.17) is 9.97 Å². The highest BCUT2D eigenvalue weighted by Gasteiger charge is 2.31. The fourth-order valence-electron chi connectivity index (χ4n) is 3.31. The highest BCUT2D eigenvalue weighted by atomic mass is 32.1. The smallest absolute Gasteiger partial charge is 0.221 e. The van der Waals surface area contributed by atoms with Crippen LogP contribution in [0.5, 0.6) is 0 Å². The average molecular weight is 395 g/mol. The van der Waals surface area contributed by atoms with Crippen LogP contribution in [0.3, 0.4) is 0 Å². The second-order valence-electron chi connectivity index (χ2n) is 7.42. The fraction of sp³-hybridized carbons (Fsp3) is 0.409. The van der Waals surface area contributed by atoms with E-state index in [1.165, 1.54) is 0 Å². The van der Waals surface area contributed by atoms with E-state index in [9.17, 15) is 4.79 Å². The van der Waals surface area contributed by atoms with Crippen LogP contribution < -0.4 is 10.2 Å². The number of aromatic nitrogens is 2. The Morgan fingerprint density at radius 1 is 1.25 bits per heavy atom. The van der Waals surface area contributed by atoms with E-state index in [0.29, 0.717) is 19.0 Å². The van der Waals surface area contributed by atoms with E-state index in [1.807, 2.05) is 36.6 Å². The SMILES string of the molecule is CC[C@@H](C)NC(=O)CCN(c1nc(-c2cccs2)nc2ccccc12)C1CC1. The number of para-hydroxylation sites is 1. The first-order valence-corrected chi connectivity index (χ1v) is 10.9. The first-order valence-electron chi connectivity index (χ1n) is 10.0. The van der Waals surface area contributed by atoms with E-state index in [0.717, 1.165) is 46.7 Å². The summed E-state index contributed by atoms with van der Waals surface area (Å²) < 4.78 is 0. The molecule has 0 unspecified atom stereocenters. The minimum atomic E-state index is 0.108. The summed E-state index contributed by atoms with van der Waals surface area (Å²) in [4.78, 5) is 25.5. The van der Waals surface area contributed by atoms with Crippen LogP contribution in [-0.2, 0) is 4.79 Å². The van der Waals surface area contributed by atoms with Crippen LogP contribution >= 0.6 is 11.3 Å². The maximum atomic E-state index is 12.3.